The van der Waals surface area contributed by atoms with Gasteiger partial charge in [-0.2, -0.15) is 0 Å². The lowest BCUT2D eigenvalue weighted by molar-refractivity contribution is -0.209. The quantitative estimate of drug-likeness (QED) is 0.553. The molecule has 2 aliphatic heterocycles. The SMILES string of the molecule is COc1ccc(C)c2c1OC1C(OC(=O)[C@H](C)[C@@H](O)C(=O)O)CCC3(O)[C@@H](C)N(C)CCC213. The lowest BCUT2D eigenvalue weighted by Gasteiger charge is -2.60. The summed E-state index contributed by atoms with van der Waals surface area (Å²) < 4.78 is 17.8. The zero-order valence-corrected chi connectivity index (χ0v) is 19.7. The molecular formula is C24H33NO8. The third kappa shape index (κ3) is 3.24. The number of hydrogen-bond donors (Lipinski definition) is 3. The molecule has 1 spiro atoms. The molecule has 1 aliphatic carbocycles. The van der Waals surface area contributed by atoms with E-state index in [1.807, 2.05) is 33.0 Å². The van der Waals surface area contributed by atoms with Crippen LogP contribution in [0.5, 0.6) is 11.5 Å². The molecule has 2 fully saturated rings. The molecule has 0 bridgehead atoms. The maximum Gasteiger partial charge on any atom is 0.333 e. The van der Waals surface area contributed by atoms with Crippen LogP contribution in [0.4, 0.5) is 0 Å². The number of aliphatic carboxylic acids is 1. The Morgan fingerprint density at radius 3 is 2.64 bits per heavy atom. The number of fused-ring (bicyclic) bond motifs is 1. The Hall–Kier alpha value is -2.36. The van der Waals surface area contributed by atoms with Crippen LogP contribution in [-0.2, 0) is 19.7 Å². The summed E-state index contributed by atoms with van der Waals surface area (Å²) in [6.07, 6.45) is -1.93. The van der Waals surface area contributed by atoms with Crippen molar-refractivity contribution >= 4 is 11.9 Å². The number of likely N-dealkylation sites (N-methyl/N-ethyl adjacent to an activating group) is 1. The number of aryl methyl sites for hydroxylation is 1. The molecule has 2 heterocycles. The third-order valence-electron chi connectivity index (χ3n) is 8.22. The molecule has 9 heteroatoms. The van der Waals surface area contributed by atoms with E-state index in [0.717, 1.165) is 11.1 Å². The lowest BCUT2D eigenvalue weighted by atomic mass is 9.52. The van der Waals surface area contributed by atoms with Gasteiger partial charge in [-0.3, -0.25) is 4.79 Å². The van der Waals surface area contributed by atoms with E-state index in [2.05, 4.69) is 4.90 Å². The number of nitrogens with zero attached hydrogens (tertiary/aromatic N) is 1. The number of methoxy groups -OCH3 is 1. The van der Waals surface area contributed by atoms with Crippen molar-refractivity contribution in [2.24, 2.45) is 5.92 Å². The van der Waals surface area contributed by atoms with Gasteiger partial charge < -0.3 is 34.4 Å². The molecule has 9 nitrogen and oxygen atoms in total. The molecule has 1 aromatic carbocycles. The monoisotopic (exact) mass is 463 g/mol. The van der Waals surface area contributed by atoms with Crippen LogP contribution in [0.15, 0.2) is 12.1 Å². The van der Waals surface area contributed by atoms with Crippen molar-refractivity contribution in [2.45, 2.75) is 75.4 Å². The molecule has 182 valence electrons. The van der Waals surface area contributed by atoms with Gasteiger partial charge in [0.25, 0.3) is 0 Å². The summed E-state index contributed by atoms with van der Waals surface area (Å²) in [7, 11) is 3.55. The molecule has 0 amide bonds. The highest BCUT2D eigenvalue weighted by molar-refractivity contribution is 5.82. The van der Waals surface area contributed by atoms with Gasteiger partial charge in [-0.1, -0.05) is 6.07 Å². The number of carboxylic acid groups (broad SMARTS) is 1. The van der Waals surface area contributed by atoms with Crippen LogP contribution in [0.1, 0.15) is 44.2 Å². The number of benzene rings is 1. The average Bonchev–Trinajstić information content (AvgIpc) is 3.15. The molecule has 7 atom stereocenters. The number of rotatable bonds is 5. The van der Waals surface area contributed by atoms with Crippen LogP contribution >= 0.6 is 0 Å². The van der Waals surface area contributed by atoms with Crippen molar-refractivity contribution < 1.29 is 39.1 Å². The summed E-state index contributed by atoms with van der Waals surface area (Å²) in [4.78, 5) is 26.0. The zero-order valence-electron chi connectivity index (χ0n) is 19.7. The molecular weight excluding hydrogens is 430 g/mol. The maximum atomic E-state index is 12.8. The molecule has 0 radical (unpaired) electrons. The van der Waals surface area contributed by atoms with Gasteiger partial charge >= 0.3 is 11.9 Å². The van der Waals surface area contributed by atoms with Crippen LogP contribution in [-0.4, -0.2) is 82.8 Å². The van der Waals surface area contributed by atoms with Crippen LogP contribution in [0.3, 0.4) is 0 Å². The van der Waals surface area contributed by atoms with E-state index in [0.29, 0.717) is 37.3 Å². The fourth-order valence-electron chi connectivity index (χ4n) is 6.15. The minimum atomic E-state index is -1.86. The Kier molecular flexibility index (Phi) is 5.87. The van der Waals surface area contributed by atoms with Crippen molar-refractivity contribution in [1.29, 1.82) is 0 Å². The van der Waals surface area contributed by atoms with E-state index in [4.69, 9.17) is 19.3 Å². The van der Waals surface area contributed by atoms with Gasteiger partial charge in [0.05, 0.1) is 24.0 Å². The van der Waals surface area contributed by atoms with Gasteiger partial charge in [-0.15, -0.1) is 0 Å². The Bertz CT molecular complexity index is 966. The lowest BCUT2D eigenvalue weighted by Crippen LogP contribution is -2.74. The van der Waals surface area contributed by atoms with E-state index in [1.165, 1.54) is 6.92 Å². The van der Waals surface area contributed by atoms with Crippen LogP contribution in [0.2, 0.25) is 0 Å². The molecule has 4 unspecified atom stereocenters. The van der Waals surface area contributed by atoms with E-state index in [1.54, 1.807) is 7.11 Å². The van der Waals surface area contributed by atoms with E-state index >= 15 is 0 Å². The van der Waals surface area contributed by atoms with Crippen molar-refractivity contribution in [3.8, 4) is 11.5 Å². The van der Waals surface area contributed by atoms with Crippen molar-refractivity contribution in [3.63, 3.8) is 0 Å². The molecule has 1 aromatic rings. The number of carboxylic acids is 1. The second-order valence-corrected chi connectivity index (χ2v) is 9.72. The first-order chi connectivity index (χ1) is 15.5. The highest BCUT2D eigenvalue weighted by atomic mass is 16.6. The number of carbonyl (C=O) groups excluding carboxylic acids is 1. The largest absolute Gasteiger partial charge is 0.493 e. The summed E-state index contributed by atoms with van der Waals surface area (Å²) in [5.41, 5.74) is -0.119. The smallest absolute Gasteiger partial charge is 0.333 e. The summed E-state index contributed by atoms with van der Waals surface area (Å²) in [6, 6.07) is 3.60. The summed E-state index contributed by atoms with van der Waals surface area (Å²) in [5, 5.41) is 31.1. The van der Waals surface area contributed by atoms with Gasteiger partial charge in [-0.05, 0) is 65.3 Å². The van der Waals surface area contributed by atoms with Gasteiger partial charge in [0.1, 0.15) is 12.2 Å². The molecule has 0 aromatic heterocycles. The number of aliphatic hydroxyl groups is 2. The number of carbonyl (C=O) groups is 2. The highest BCUT2D eigenvalue weighted by Gasteiger charge is 2.70. The fourth-order valence-corrected chi connectivity index (χ4v) is 6.15. The normalized spacial score (nSPS) is 34.8. The summed E-state index contributed by atoms with van der Waals surface area (Å²) in [6.45, 7) is 6.02. The molecule has 1 saturated heterocycles. The molecule has 1 saturated carbocycles. The van der Waals surface area contributed by atoms with Crippen LogP contribution in [0, 0.1) is 12.8 Å². The maximum absolute atomic E-state index is 12.8. The molecule has 3 aliphatic rings. The van der Waals surface area contributed by atoms with Crippen molar-refractivity contribution in [3.05, 3.63) is 23.3 Å². The van der Waals surface area contributed by atoms with E-state index < -0.39 is 47.2 Å². The van der Waals surface area contributed by atoms with Gasteiger partial charge in [0, 0.05) is 11.6 Å². The van der Waals surface area contributed by atoms with Crippen LogP contribution in [0.25, 0.3) is 0 Å². The number of aliphatic hydroxyl groups excluding tert-OH is 1. The first-order valence-electron chi connectivity index (χ1n) is 11.4. The summed E-state index contributed by atoms with van der Waals surface area (Å²) >= 11 is 0. The first kappa shape index (κ1) is 23.8. The number of esters is 1. The number of ether oxygens (including phenoxy) is 3. The topological polar surface area (TPSA) is 126 Å². The third-order valence-corrected chi connectivity index (χ3v) is 8.22. The minimum Gasteiger partial charge on any atom is -0.493 e. The number of hydrogen-bond acceptors (Lipinski definition) is 8. The summed E-state index contributed by atoms with van der Waals surface area (Å²) in [5.74, 6) is -2.43. The fraction of sp³-hybridized carbons (Fsp3) is 0.667. The van der Waals surface area contributed by atoms with Crippen LogP contribution < -0.4 is 9.47 Å². The Balaban J connectivity index is 1.79. The van der Waals surface area contributed by atoms with E-state index in [9.17, 15) is 19.8 Å². The number of likely N-dealkylation sites (tertiary alicyclic amines) is 1. The van der Waals surface area contributed by atoms with Gasteiger partial charge in [0.15, 0.2) is 17.6 Å². The van der Waals surface area contributed by atoms with Gasteiger partial charge in [-0.25, -0.2) is 4.79 Å². The zero-order chi connectivity index (χ0) is 24.3. The predicted octanol–water partition coefficient (Wildman–Crippen LogP) is 1.24. The van der Waals surface area contributed by atoms with E-state index in [-0.39, 0.29) is 6.04 Å². The Labute approximate surface area is 193 Å². The minimum absolute atomic E-state index is 0.168. The second-order valence-electron chi connectivity index (χ2n) is 9.72. The average molecular weight is 464 g/mol. The molecule has 3 N–H and O–H groups in total. The Morgan fingerprint density at radius 1 is 1.30 bits per heavy atom. The second kappa shape index (κ2) is 8.14. The number of piperidine rings is 1. The predicted molar refractivity (Wildman–Crippen MR) is 117 cm³/mol. The van der Waals surface area contributed by atoms with Crippen molar-refractivity contribution in [2.75, 3.05) is 20.7 Å². The first-order valence-corrected chi connectivity index (χ1v) is 11.4. The molecule has 33 heavy (non-hydrogen) atoms. The highest BCUT2D eigenvalue weighted by Crippen LogP contribution is 2.63. The van der Waals surface area contributed by atoms with Crippen molar-refractivity contribution in [1.82, 2.24) is 4.90 Å². The van der Waals surface area contributed by atoms with Gasteiger partial charge in [0.2, 0.25) is 0 Å². The standard InChI is InChI=1S/C24H33NO8/c1-12-6-7-15(31-5)19-17(12)23-10-11-25(4)14(3)24(23,30)9-8-16(20(23)33-19)32-22(29)13(2)18(26)21(27)28/h6-7,13-14,16,18,20,26,30H,8-11H2,1-5H3,(H,27,28)/t13-,14-,16?,18-,20?,23?,24?/m1/s1. The molecule has 4 rings (SSSR count). The Morgan fingerprint density at radius 2 is 2.00 bits per heavy atom.